The molecular formula is C11H16N2O. The molecular weight excluding hydrogens is 176 g/mol. The number of pyridine rings is 1. The Labute approximate surface area is 83.8 Å². The molecule has 0 saturated heterocycles. The van der Waals surface area contributed by atoms with Crippen LogP contribution in [0.1, 0.15) is 19.3 Å². The van der Waals surface area contributed by atoms with Crippen LogP contribution in [0.3, 0.4) is 0 Å². The molecule has 0 spiro atoms. The lowest BCUT2D eigenvalue weighted by Crippen LogP contribution is -2.19. The third kappa shape index (κ3) is 3.00. The summed E-state index contributed by atoms with van der Waals surface area (Å²) in [5, 5.41) is 3.46. The van der Waals surface area contributed by atoms with Gasteiger partial charge in [-0.2, -0.15) is 0 Å². The van der Waals surface area contributed by atoms with E-state index in [0.717, 1.165) is 25.6 Å². The summed E-state index contributed by atoms with van der Waals surface area (Å²) in [5.41, 5.74) is 0.0809. The minimum atomic E-state index is 0.0809. The van der Waals surface area contributed by atoms with Crippen LogP contribution < -0.4 is 10.7 Å². The van der Waals surface area contributed by atoms with Crippen molar-refractivity contribution in [1.29, 1.82) is 0 Å². The third-order valence-corrected chi connectivity index (χ3v) is 2.46. The monoisotopic (exact) mass is 192 g/mol. The van der Waals surface area contributed by atoms with E-state index in [2.05, 4.69) is 9.88 Å². The molecule has 1 heterocycles. The fourth-order valence-electron chi connectivity index (χ4n) is 1.45. The van der Waals surface area contributed by atoms with E-state index in [4.69, 9.17) is 0 Å². The normalized spacial score (nSPS) is 15.7. The highest BCUT2D eigenvalue weighted by Gasteiger charge is 2.19. The van der Waals surface area contributed by atoms with Crippen LogP contribution in [0.25, 0.3) is 0 Å². The third-order valence-electron chi connectivity index (χ3n) is 2.46. The van der Waals surface area contributed by atoms with E-state index in [9.17, 15) is 4.79 Å². The lowest BCUT2D eigenvalue weighted by atomic mass is 10.4. The first kappa shape index (κ1) is 9.46. The van der Waals surface area contributed by atoms with Gasteiger partial charge in [0.15, 0.2) is 5.43 Å². The molecule has 14 heavy (non-hydrogen) atoms. The molecule has 1 aliphatic rings. The standard InChI is InChI=1S/C11H16N2O/c14-11-4-8-13(9-5-11)7-1-6-12-10-2-3-10/h4-5,8-10,12H,1-3,6-7H2. The van der Waals surface area contributed by atoms with Gasteiger partial charge in [-0.05, 0) is 25.8 Å². The largest absolute Gasteiger partial charge is 0.354 e. The number of hydrogen-bond donors (Lipinski definition) is 1. The summed E-state index contributed by atoms with van der Waals surface area (Å²) in [5.74, 6) is 0. The van der Waals surface area contributed by atoms with Crippen molar-refractivity contribution in [3.05, 3.63) is 34.7 Å². The molecule has 1 saturated carbocycles. The summed E-state index contributed by atoms with van der Waals surface area (Å²) in [6, 6.07) is 4.01. The molecule has 3 nitrogen and oxygen atoms in total. The number of aromatic nitrogens is 1. The molecule has 0 aromatic carbocycles. The Morgan fingerprint density at radius 3 is 2.71 bits per heavy atom. The van der Waals surface area contributed by atoms with Gasteiger partial charge in [0.2, 0.25) is 0 Å². The Hall–Kier alpha value is -1.09. The predicted octanol–water partition coefficient (Wildman–Crippen LogP) is 0.990. The van der Waals surface area contributed by atoms with Crippen molar-refractivity contribution in [3.8, 4) is 0 Å². The molecule has 3 heteroatoms. The van der Waals surface area contributed by atoms with E-state index < -0.39 is 0 Å². The molecule has 0 bridgehead atoms. The molecule has 0 atom stereocenters. The number of aryl methyl sites for hydroxylation is 1. The molecule has 1 aromatic rings. The maximum atomic E-state index is 10.8. The summed E-state index contributed by atoms with van der Waals surface area (Å²) in [6.07, 6.45) is 7.51. The molecule has 0 amide bonds. The zero-order chi connectivity index (χ0) is 9.80. The lowest BCUT2D eigenvalue weighted by molar-refractivity contribution is 0.577. The predicted molar refractivity (Wildman–Crippen MR) is 56.3 cm³/mol. The average Bonchev–Trinajstić information content (AvgIpc) is 2.99. The van der Waals surface area contributed by atoms with Crippen molar-refractivity contribution >= 4 is 0 Å². The quantitative estimate of drug-likeness (QED) is 0.706. The van der Waals surface area contributed by atoms with Crippen molar-refractivity contribution < 1.29 is 0 Å². The summed E-state index contributed by atoms with van der Waals surface area (Å²) in [6.45, 7) is 2.07. The van der Waals surface area contributed by atoms with E-state index in [-0.39, 0.29) is 5.43 Å². The van der Waals surface area contributed by atoms with Crippen LogP contribution >= 0.6 is 0 Å². The SMILES string of the molecule is O=c1ccn(CCCNC2CC2)cc1. The zero-order valence-corrected chi connectivity index (χ0v) is 8.28. The van der Waals surface area contributed by atoms with Crippen molar-refractivity contribution in [3.63, 3.8) is 0 Å². The number of nitrogens with one attached hydrogen (secondary N) is 1. The number of rotatable bonds is 5. The first-order valence-corrected chi connectivity index (χ1v) is 5.24. The molecule has 1 N–H and O–H groups in total. The zero-order valence-electron chi connectivity index (χ0n) is 8.28. The van der Waals surface area contributed by atoms with Crippen LogP contribution in [-0.2, 0) is 6.54 Å². The summed E-state index contributed by atoms with van der Waals surface area (Å²) in [4.78, 5) is 10.8. The van der Waals surface area contributed by atoms with E-state index in [1.165, 1.54) is 12.8 Å². The number of hydrogen-bond acceptors (Lipinski definition) is 2. The van der Waals surface area contributed by atoms with E-state index >= 15 is 0 Å². The molecule has 76 valence electrons. The minimum Gasteiger partial charge on any atom is -0.354 e. The van der Waals surface area contributed by atoms with Crippen molar-refractivity contribution in [2.24, 2.45) is 0 Å². The Bertz CT molecular complexity index is 321. The maximum absolute atomic E-state index is 10.8. The van der Waals surface area contributed by atoms with Gasteiger partial charge < -0.3 is 9.88 Å². The minimum absolute atomic E-state index is 0.0809. The van der Waals surface area contributed by atoms with E-state index in [1.54, 1.807) is 12.1 Å². The van der Waals surface area contributed by atoms with Crippen LogP contribution in [0, 0.1) is 0 Å². The topological polar surface area (TPSA) is 34.0 Å². The second-order valence-electron chi connectivity index (χ2n) is 3.85. The van der Waals surface area contributed by atoms with Crippen molar-refractivity contribution in [2.75, 3.05) is 6.54 Å². The fraction of sp³-hybridized carbons (Fsp3) is 0.545. The highest BCUT2D eigenvalue weighted by molar-refractivity contribution is 4.93. The first-order chi connectivity index (χ1) is 6.84. The lowest BCUT2D eigenvalue weighted by Gasteiger charge is -2.05. The Morgan fingerprint density at radius 1 is 1.36 bits per heavy atom. The van der Waals surface area contributed by atoms with Gasteiger partial charge in [-0.25, -0.2) is 0 Å². The molecule has 0 aliphatic heterocycles. The maximum Gasteiger partial charge on any atom is 0.181 e. The molecule has 1 aromatic heterocycles. The summed E-state index contributed by atoms with van der Waals surface area (Å²) >= 11 is 0. The molecule has 0 radical (unpaired) electrons. The molecule has 1 aliphatic carbocycles. The van der Waals surface area contributed by atoms with E-state index in [0.29, 0.717) is 0 Å². The highest BCUT2D eigenvalue weighted by Crippen LogP contribution is 2.18. The van der Waals surface area contributed by atoms with Gasteiger partial charge in [0.25, 0.3) is 0 Å². The average molecular weight is 192 g/mol. The van der Waals surface area contributed by atoms with Crippen LogP contribution in [0.2, 0.25) is 0 Å². The van der Waals surface area contributed by atoms with Gasteiger partial charge in [-0.15, -0.1) is 0 Å². The van der Waals surface area contributed by atoms with Gasteiger partial charge in [0, 0.05) is 37.1 Å². The van der Waals surface area contributed by atoms with Gasteiger partial charge in [0.05, 0.1) is 0 Å². The fourth-order valence-corrected chi connectivity index (χ4v) is 1.45. The number of nitrogens with zero attached hydrogens (tertiary/aromatic N) is 1. The van der Waals surface area contributed by atoms with Crippen LogP contribution in [0.15, 0.2) is 29.3 Å². The van der Waals surface area contributed by atoms with Gasteiger partial charge >= 0.3 is 0 Å². The Morgan fingerprint density at radius 2 is 2.07 bits per heavy atom. The second-order valence-corrected chi connectivity index (χ2v) is 3.85. The summed E-state index contributed by atoms with van der Waals surface area (Å²) < 4.78 is 2.05. The Balaban J connectivity index is 1.68. The van der Waals surface area contributed by atoms with Crippen molar-refractivity contribution in [2.45, 2.75) is 31.8 Å². The van der Waals surface area contributed by atoms with Crippen LogP contribution in [-0.4, -0.2) is 17.2 Å². The van der Waals surface area contributed by atoms with Gasteiger partial charge in [-0.3, -0.25) is 4.79 Å². The van der Waals surface area contributed by atoms with E-state index in [1.807, 2.05) is 12.4 Å². The first-order valence-electron chi connectivity index (χ1n) is 5.24. The molecule has 1 fully saturated rings. The molecule has 2 rings (SSSR count). The summed E-state index contributed by atoms with van der Waals surface area (Å²) in [7, 11) is 0. The second kappa shape index (κ2) is 4.42. The highest BCUT2D eigenvalue weighted by atomic mass is 16.1. The van der Waals surface area contributed by atoms with Crippen LogP contribution in [0.4, 0.5) is 0 Å². The van der Waals surface area contributed by atoms with Crippen LogP contribution in [0.5, 0.6) is 0 Å². The Kier molecular flexibility index (Phi) is 2.99. The molecule has 0 unspecified atom stereocenters. The smallest absolute Gasteiger partial charge is 0.181 e. The van der Waals surface area contributed by atoms with Crippen molar-refractivity contribution in [1.82, 2.24) is 9.88 Å². The van der Waals surface area contributed by atoms with Gasteiger partial charge in [-0.1, -0.05) is 0 Å². The van der Waals surface area contributed by atoms with Gasteiger partial charge in [0.1, 0.15) is 0 Å².